The van der Waals surface area contributed by atoms with Crippen molar-refractivity contribution >= 4 is 34.6 Å². The maximum atomic E-state index is 12.6. The van der Waals surface area contributed by atoms with Gasteiger partial charge in [-0.2, -0.15) is 0 Å². The first kappa shape index (κ1) is 19.1. The highest BCUT2D eigenvalue weighted by Crippen LogP contribution is 2.21. The Labute approximate surface area is 164 Å². The molecule has 0 aliphatic heterocycles. The van der Waals surface area contributed by atoms with Crippen LogP contribution in [-0.4, -0.2) is 16.8 Å². The molecule has 2 amide bonds. The smallest absolute Gasteiger partial charge is 0.274 e. The van der Waals surface area contributed by atoms with Crippen LogP contribution in [0.5, 0.6) is 0 Å². The van der Waals surface area contributed by atoms with Gasteiger partial charge in [0.15, 0.2) is 0 Å². The Morgan fingerprint density at radius 3 is 2.18 bits per heavy atom. The Hall–Kier alpha value is -3.67. The average molecular weight is 374 g/mol. The molecule has 3 rings (SSSR count). The second-order valence-corrected chi connectivity index (χ2v) is 6.65. The van der Waals surface area contributed by atoms with Crippen molar-refractivity contribution in [3.8, 4) is 0 Å². The summed E-state index contributed by atoms with van der Waals surface area (Å²) in [6.07, 6.45) is 1.58. The molecule has 2 aromatic carbocycles. The van der Waals surface area contributed by atoms with Crippen molar-refractivity contribution in [2.24, 2.45) is 0 Å². The molecule has 0 fully saturated rings. The molecule has 28 heavy (non-hydrogen) atoms. The number of hydrogen-bond donors (Lipinski definition) is 3. The van der Waals surface area contributed by atoms with Gasteiger partial charge in [-0.25, -0.2) is 0 Å². The minimum atomic E-state index is -0.277. The zero-order chi connectivity index (χ0) is 20.1. The predicted octanol–water partition coefficient (Wildman–Crippen LogP) is 4.65. The van der Waals surface area contributed by atoms with E-state index in [-0.39, 0.29) is 11.8 Å². The first-order chi connectivity index (χ1) is 13.4. The van der Waals surface area contributed by atoms with Crippen LogP contribution >= 0.6 is 0 Å². The Balaban J connectivity index is 1.75. The summed E-state index contributed by atoms with van der Waals surface area (Å²) in [6, 6.07) is 16.7. The summed E-state index contributed by atoms with van der Waals surface area (Å²) < 4.78 is 0. The first-order valence-corrected chi connectivity index (χ1v) is 8.89. The Morgan fingerprint density at radius 2 is 1.46 bits per heavy atom. The van der Waals surface area contributed by atoms with Crippen LogP contribution < -0.4 is 16.0 Å². The summed E-state index contributed by atoms with van der Waals surface area (Å²) >= 11 is 0. The molecule has 6 heteroatoms. The van der Waals surface area contributed by atoms with Crippen LogP contribution in [0.15, 0.2) is 60.8 Å². The van der Waals surface area contributed by atoms with Crippen molar-refractivity contribution in [3.05, 3.63) is 77.6 Å². The molecular formula is C22H22N4O2. The maximum absolute atomic E-state index is 12.6. The van der Waals surface area contributed by atoms with Crippen LogP contribution in [0.2, 0.25) is 0 Å². The van der Waals surface area contributed by atoms with Gasteiger partial charge in [-0.05, 0) is 67.4 Å². The van der Waals surface area contributed by atoms with E-state index in [9.17, 15) is 9.59 Å². The highest BCUT2D eigenvalue weighted by atomic mass is 16.2. The van der Waals surface area contributed by atoms with E-state index in [1.807, 2.05) is 56.3 Å². The standard InChI is InChI=1S/C22H22N4O2/c1-14-9-15(2)11-20(10-14)26-22(28)21-13-19(7-8-23-21)25-18-6-4-5-17(12-18)24-16(3)27/h4-13H,1-3H3,(H,23,25)(H,24,27)(H,26,28). The van der Waals surface area contributed by atoms with Gasteiger partial charge < -0.3 is 16.0 Å². The fraction of sp³-hybridized carbons (Fsp3) is 0.136. The van der Waals surface area contributed by atoms with Gasteiger partial charge in [0.1, 0.15) is 5.69 Å². The van der Waals surface area contributed by atoms with Crippen LogP contribution in [0.25, 0.3) is 0 Å². The topological polar surface area (TPSA) is 83.1 Å². The van der Waals surface area contributed by atoms with Crippen LogP contribution in [0.3, 0.4) is 0 Å². The van der Waals surface area contributed by atoms with Crippen LogP contribution in [0.1, 0.15) is 28.5 Å². The molecule has 0 saturated heterocycles. The number of pyridine rings is 1. The summed E-state index contributed by atoms with van der Waals surface area (Å²) in [5.74, 6) is -0.410. The lowest BCUT2D eigenvalue weighted by Gasteiger charge is -2.11. The molecule has 142 valence electrons. The van der Waals surface area contributed by atoms with Gasteiger partial charge in [-0.15, -0.1) is 0 Å². The van der Waals surface area contributed by atoms with E-state index < -0.39 is 0 Å². The summed E-state index contributed by atoms with van der Waals surface area (Å²) in [5, 5.41) is 8.85. The lowest BCUT2D eigenvalue weighted by atomic mass is 10.1. The third-order valence-electron chi connectivity index (χ3n) is 3.94. The first-order valence-electron chi connectivity index (χ1n) is 8.89. The molecule has 0 bridgehead atoms. The molecule has 3 N–H and O–H groups in total. The van der Waals surface area contributed by atoms with E-state index in [1.54, 1.807) is 18.3 Å². The fourth-order valence-electron chi connectivity index (χ4n) is 2.92. The number of carbonyl (C=O) groups excluding carboxylic acids is 2. The Kier molecular flexibility index (Phi) is 5.69. The van der Waals surface area contributed by atoms with E-state index >= 15 is 0 Å². The van der Waals surface area contributed by atoms with Gasteiger partial charge in [-0.1, -0.05) is 12.1 Å². The number of carbonyl (C=O) groups is 2. The molecule has 0 unspecified atom stereocenters. The summed E-state index contributed by atoms with van der Waals surface area (Å²) in [4.78, 5) is 27.9. The second kappa shape index (κ2) is 8.35. The summed E-state index contributed by atoms with van der Waals surface area (Å²) in [6.45, 7) is 5.44. The average Bonchev–Trinajstić information content (AvgIpc) is 2.61. The number of aryl methyl sites for hydroxylation is 2. The van der Waals surface area contributed by atoms with Gasteiger partial charge in [0, 0.05) is 35.9 Å². The largest absolute Gasteiger partial charge is 0.355 e. The number of rotatable bonds is 5. The Bertz CT molecular complexity index is 1010. The van der Waals surface area contributed by atoms with Crippen molar-refractivity contribution < 1.29 is 9.59 Å². The molecule has 0 atom stereocenters. The summed E-state index contributed by atoms with van der Waals surface area (Å²) in [5.41, 5.74) is 5.42. The van der Waals surface area contributed by atoms with Crippen molar-refractivity contribution in [1.82, 2.24) is 4.98 Å². The minimum absolute atomic E-state index is 0.133. The van der Waals surface area contributed by atoms with E-state index in [4.69, 9.17) is 0 Å². The van der Waals surface area contributed by atoms with Crippen LogP contribution in [-0.2, 0) is 4.79 Å². The SMILES string of the molecule is CC(=O)Nc1cccc(Nc2ccnc(C(=O)Nc3cc(C)cc(C)c3)c2)c1. The van der Waals surface area contributed by atoms with Crippen molar-refractivity contribution in [1.29, 1.82) is 0 Å². The second-order valence-electron chi connectivity index (χ2n) is 6.65. The van der Waals surface area contributed by atoms with Crippen LogP contribution in [0.4, 0.5) is 22.7 Å². The monoisotopic (exact) mass is 374 g/mol. The van der Waals surface area contributed by atoms with Gasteiger partial charge in [-0.3, -0.25) is 14.6 Å². The molecule has 1 aromatic heterocycles. The lowest BCUT2D eigenvalue weighted by Crippen LogP contribution is -2.14. The molecule has 0 saturated carbocycles. The van der Waals surface area contributed by atoms with E-state index in [2.05, 4.69) is 20.9 Å². The zero-order valence-electron chi connectivity index (χ0n) is 16.0. The fourth-order valence-corrected chi connectivity index (χ4v) is 2.92. The van der Waals surface area contributed by atoms with Gasteiger partial charge in [0.2, 0.25) is 5.91 Å². The minimum Gasteiger partial charge on any atom is -0.355 e. The highest BCUT2D eigenvalue weighted by Gasteiger charge is 2.09. The molecule has 0 spiro atoms. The predicted molar refractivity (Wildman–Crippen MR) is 112 cm³/mol. The highest BCUT2D eigenvalue weighted by molar-refractivity contribution is 6.03. The third-order valence-corrected chi connectivity index (χ3v) is 3.94. The Morgan fingerprint density at radius 1 is 0.786 bits per heavy atom. The molecule has 3 aromatic rings. The maximum Gasteiger partial charge on any atom is 0.274 e. The van der Waals surface area contributed by atoms with E-state index in [0.29, 0.717) is 11.4 Å². The summed E-state index contributed by atoms with van der Waals surface area (Å²) in [7, 11) is 0. The van der Waals surface area contributed by atoms with E-state index in [1.165, 1.54) is 6.92 Å². The molecule has 6 nitrogen and oxygen atoms in total. The lowest BCUT2D eigenvalue weighted by molar-refractivity contribution is -0.114. The molecule has 1 heterocycles. The van der Waals surface area contributed by atoms with Gasteiger partial charge in [0.05, 0.1) is 0 Å². The molecule has 0 aliphatic carbocycles. The van der Waals surface area contributed by atoms with Crippen molar-refractivity contribution in [3.63, 3.8) is 0 Å². The quantitative estimate of drug-likeness (QED) is 0.607. The normalized spacial score (nSPS) is 10.2. The van der Waals surface area contributed by atoms with Crippen molar-refractivity contribution in [2.75, 3.05) is 16.0 Å². The number of nitrogens with zero attached hydrogens (tertiary/aromatic N) is 1. The van der Waals surface area contributed by atoms with Gasteiger partial charge in [0.25, 0.3) is 5.91 Å². The van der Waals surface area contributed by atoms with Crippen LogP contribution in [0, 0.1) is 13.8 Å². The number of nitrogens with one attached hydrogen (secondary N) is 3. The number of aromatic nitrogens is 1. The number of benzene rings is 2. The molecule has 0 aliphatic rings. The van der Waals surface area contributed by atoms with Gasteiger partial charge >= 0.3 is 0 Å². The number of anilines is 4. The third kappa shape index (κ3) is 5.17. The molecule has 0 radical (unpaired) electrons. The number of hydrogen-bond acceptors (Lipinski definition) is 4. The number of amides is 2. The van der Waals surface area contributed by atoms with Crippen molar-refractivity contribution in [2.45, 2.75) is 20.8 Å². The zero-order valence-corrected chi connectivity index (χ0v) is 16.0. The molecular weight excluding hydrogens is 352 g/mol. The van der Waals surface area contributed by atoms with E-state index in [0.717, 1.165) is 28.2 Å².